The maximum absolute atomic E-state index is 13.6. The number of hydrogen-bond donors (Lipinski definition) is 2. The van der Waals surface area contributed by atoms with Crippen molar-refractivity contribution in [2.45, 2.75) is 31.5 Å². The van der Waals surface area contributed by atoms with E-state index in [0.717, 1.165) is 29.9 Å². The normalized spacial score (nSPS) is 17.0. The van der Waals surface area contributed by atoms with Crippen LogP contribution in [-0.2, 0) is 11.3 Å². The second kappa shape index (κ2) is 13.5. The Hall–Kier alpha value is -6.15. The molecule has 2 saturated heterocycles. The molecule has 1 atom stereocenters. The number of aromatic amines is 1. The zero-order valence-electron chi connectivity index (χ0n) is 28.4. The highest BCUT2D eigenvalue weighted by molar-refractivity contribution is 6.08. The van der Waals surface area contributed by atoms with Gasteiger partial charge in [0, 0.05) is 65.7 Å². The molecule has 0 radical (unpaired) electrons. The second-order valence-corrected chi connectivity index (χ2v) is 13.4. The molecule has 3 aromatic carbocycles. The number of carbonyl (C=O) groups excluding carboxylic acids is 2. The van der Waals surface area contributed by atoms with Crippen LogP contribution in [0.2, 0.25) is 0 Å². The first-order valence-electron chi connectivity index (χ1n) is 17.6. The SMILES string of the molecule is O=C(NCC1CN(c2ncnc3nc[nH]c23)CCO1)c1cccc(C(=O)N2CCC(n3cc(Cn4c5ccccc5c5ccccc54)nn3)CC2)c1. The summed E-state index contributed by atoms with van der Waals surface area (Å²) in [5, 5.41) is 14.5. The van der Waals surface area contributed by atoms with Crippen molar-refractivity contribution < 1.29 is 14.3 Å². The Morgan fingerprint density at radius 1 is 0.885 bits per heavy atom. The molecule has 2 aliphatic rings. The van der Waals surface area contributed by atoms with Crippen LogP contribution in [0.4, 0.5) is 5.82 Å². The van der Waals surface area contributed by atoms with Crippen LogP contribution in [0, 0.1) is 0 Å². The van der Waals surface area contributed by atoms with Gasteiger partial charge in [-0.2, -0.15) is 0 Å². The van der Waals surface area contributed by atoms with Gasteiger partial charge in [-0.05, 0) is 43.2 Å². The molecular formula is C38H37N11O3. The third-order valence-corrected chi connectivity index (χ3v) is 10.2. The minimum atomic E-state index is -0.255. The van der Waals surface area contributed by atoms with Gasteiger partial charge in [0.1, 0.15) is 17.5 Å². The highest BCUT2D eigenvalue weighted by Gasteiger charge is 2.27. The molecule has 2 aliphatic heterocycles. The lowest BCUT2D eigenvalue weighted by Gasteiger charge is -2.33. The van der Waals surface area contributed by atoms with E-state index in [-0.39, 0.29) is 24.0 Å². The number of nitrogens with one attached hydrogen (secondary N) is 2. The molecule has 0 aliphatic carbocycles. The van der Waals surface area contributed by atoms with Crippen molar-refractivity contribution >= 4 is 50.6 Å². The molecule has 14 nitrogen and oxygen atoms in total. The second-order valence-electron chi connectivity index (χ2n) is 13.4. The predicted octanol–water partition coefficient (Wildman–Crippen LogP) is 4.21. The van der Waals surface area contributed by atoms with Crippen LogP contribution >= 0.6 is 0 Å². The van der Waals surface area contributed by atoms with E-state index in [1.165, 1.54) is 28.1 Å². The summed E-state index contributed by atoms with van der Waals surface area (Å²) in [6.07, 6.45) is 6.45. The number of ether oxygens (including phenoxy) is 1. The van der Waals surface area contributed by atoms with E-state index in [2.05, 4.69) is 93.6 Å². The van der Waals surface area contributed by atoms with Crippen molar-refractivity contribution in [3.05, 3.63) is 108 Å². The summed E-state index contributed by atoms with van der Waals surface area (Å²) in [5.41, 5.74) is 5.55. The molecule has 2 N–H and O–H groups in total. The third kappa shape index (κ3) is 6.00. The Balaban J connectivity index is 0.798. The van der Waals surface area contributed by atoms with Gasteiger partial charge in [-0.1, -0.05) is 47.7 Å². The first kappa shape index (κ1) is 31.8. The molecule has 2 amide bonds. The van der Waals surface area contributed by atoms with Crippen LogP contribution in [0.1, 0.15) is 45.3 Å². The van der Waals surface area contributed by atoms with Crippen LogP contribution in [0.3, 0.4) is 0 Å². The van der Waals surface area contributed by atoms with E-state index in [1.807, 2.05) is 15.8 Å². The van der Waals surface area contributed by atoms with Crippen molar-refractivity contribution in [1.82, 2.24) is 49.7 Å². The van der Waals surface area contributed by atoms with E-state index < -0.39 is 0 Å². The summed E-state index contributed by atoms with van der Waals surface area (Å²) in [5.74, 6) is 0.425. The lowest BCUT2D eigenvalue weighted by molar-refractivity contribution is 0.0395. The van der Waals surface area contributed by atoms with Crippen molar-refractivity contribution in [3.63, 3.8) is 0 Å². The number of amides is 2. The summed E-state index contributed by atoms with van der Waals surface area (Å²) < 4.78 is 10.2. The number of aromatic nitrogens is 8. The fourth-order valence-electron chi connectivity index (χ4n) is 7.55. The van der Waals surface area contributed by atoms with Crippen LogP contribution in [0.5, 0.6) is 0 Å². The molecule has 0 bridgehead atoms. The average Bonchev–Trinajstić information content (AvgIpc) is 3.96. The van der Waals surface area contributed by atoms with Crippen LogP contribution in [-0.4, -0.2) is 102 Å². The van der Waals surface area contributed by atoms with E-state index in [0.29, 0.717) is 62.6 Å². The maximum atomic E-state index is 13.6. The summed E-state index contributed by atoms with van der Waals surface area (Å²) in [7, 11) is 0. The monoisotopic (exact) mass is 695 g/mol. The Morgan fingerprint density at radius 3 is 2.46 bits per heavy atom. The van der Waals surface area contributed by atoms with Crippen LogP contribution in [0.25, 0.3) is 33.0 Å². The number of carbonyl (C=O) groups is 2. The molecule has 1 unspecified atom stereocenters. The first-order chi connectivity index (χ1) is 25.6. The number of H-pyrrole nitrogens is 1. The predicted molar refractivity (Wildman–Crippen MR) is 195 cm³/mol. The Bertz CT molecular complexity index is 2350. The van der Waals surface area contributed by atoms with Crippen LogP contribution < -0.4 is 10.2 Å². The number of piperidine rings is 1. The van der Waals surface area contributed by atoms with Gasteiger partial charge in [-0.15, -0.1) is 5.10 Å². The lowest BCUT2D eigenvalue weighted by atomic mass is 10.0. The highest BCUT2D eigenvalue weighted by atomic mass is 16.5. The summed E-state index contributed by atoms with van der Waals surface area (Å²) in [6.45, 7) is 3.85. The molecule has 6 heterocycles. The standard InChI is InChI=1S/C38H37N11O3/c50-37(39-19-29-22-47(16-17-52-29)36-34-35(41-23-40-34)42-24-43-36)25-6-5-7-26(18-25)38(51)46-14-12-28(13-15-46)49-21-27(44-45-49)20-48-32-10-3-1-8-30(32)31-9-2-4-11-33(31)48/h1-11,18,21,23-24,28-29H,12-17,19-20,22H2,(H,39,50)(H,40,41,42,43). The number of rotatable bonds is 8. The minimum absolute atomic E-state index is 0.0834. The zero-order chi connectivity index (χ0) is 35.0. The highest BCUT2D eigenvalue weighted by Crippen LogP contribution is 2.30. The van der Waals surface area contributed by atoms with Crippen molar-refractivity contribution in [3.8, 4) is 0 Å². The van der Waals surface area contributed by atoms with Gasteiger partial charge >= 0.3 is 0 Å². The van der Waals surface area contributed by atoms with Gasteiger partial charge in [0.2, 0.25) is 0 Å². The van der Waals surface area contributed by atoms with Gasteiger partial charge in [0.05, 0.1) is 37.8 Å². The third-order valence-electron chi connectivity index (χ3n) is 10.2. The van der Waals surface area contributed by atoms with E-state index in [1.54, 1.807) is 30.6 Å². The number of imidazole rings is 1. The van der Waals surface area contributed by atoms with Gasteiger partial charge in [0.25, 0.3) is 11.8 Å². The number of likely N-dealkylation sites (tertiary alicyclic amines) is 1. The molecule has 7 aromatic rings. The first-order valence-corrected chi connectivity index (χ1v) is 17.6. The van der Waals surface area contributed by atoms with E-state index >= 15 is 0 Å². The summed E-state index contributed by atoms with van der Waals surface area (Å²) >= 11 is 0. The van der Waals surface area contributed by atoms with Gasteiger partial charge in [-0.3, -0.25) is 9.59 Å². The smallest absolute Gasteiger partial charge is 0.253 e. The maximum Gasteiger partial charge on any atom is 0.253 e. The fraction of sp³-hybridized carbons (Fsp3) is 0.289. The lowest BCUT2D eigenvalue weighted by Crippen LogP contribution is -2.48. The molecular weight excluding hydrogens is 658 g/mol. The number of nitrogens with zero attached hydrogens (tertiary/aromatic N) is 9. The number of benzene rings is 3. The number of morpholine rings is 1. The largest absolute Gasteiger partial charge is 0.373 e. The Morgan fingerprint density at radius 2 is 1.65 bits per heavy atom. The molecule has 0 saturated carbocycles. The van der Waals surface area contributed by atoms with Crippen molar-refractivity contribution in [1.29, 1.82) is 0 Å². The van der Waals surface area contributed by atoms with Gasteiger partial charge in [-0.25, -0.2) is 19.6 Å². The summed E-state index contributed by atoms with van der Waals surface area (Å²) in [6, 6.07) is 24.0. The average molecular weight is 696 g/mol. The molecule has 52 heavy (non-hydrogen) atoms. The molecule has 4 aromatic heterocycles. The molecule has 2 fully saturated rings. The van der Waals surface area contributed by atoms with Gasteiger partial charge < -0.3 is 29.4 Å². The topological polar surface area (TPSA) is 152 Å². The van der Waals surface area contributed by atoms with E-state index in [4.69, 9.17) is 4.74 Å². The Kier molecular flexibility index (Phi) is 8.27. The quantitative estimate of drug-likeness (QED) is 0.238. The van der Waals surface area contributed by atoms with Gasteiger partial charge in [0.15, 0.2) is 11.5 Å². The fourth-order valence-corrected chi connectivity index (χ4v) is 7.55. The van der Waals surface area contributed by atoms with Crippen molar-refractivity contribution in [2.24, 2.45) is 0 Å². The van der Waals surface area contributed by atoms with Crippen LogP contribution in [0.15, 0.2) is 91.6 Å². The molecule has 262 valence electrons. The summed E-state index contributed by atoms with van der Waals surface area (Å²) in [4.78, 5) is 46.7. The number of hydrogen-bond acceptors (Lipinski definition) is 9. The minimum Gasteiger partial charge on any atom is -0.373 e. The number of para-hydroxylation sites is 2. The molecule has 0 spiro atoms. The number of fused-ring (bicyclic) bond motifs is 4. The zero-order valence-corrected chi connectivity index (χ0v) is 28.4. The molecule has 14 heteroatoms. The van der Waals surface area contributed by atoms with Crippen molar-refractivity contribution in [2.75, 3.05) is 44.2 Å². The number of anilines is 1. The molecule has 9 rings (SSSR count). The Labute approximate surface area is 298 Å². The van der Waals surface area contributed by atoms with E-state index in [9.17, 15) is 9.59 Å².